The third-order valence-corrected chi connectivity index (χ3v) is 6.10. The van der Waals surface area contributed by atoms with E-state index in [0.717, 1.165) is 0 Å². The normalized spacial score (nSPS) is 18.4. The zero-order valence-electron chi connectivity index (χ0n) is 14.2. The van der Waals surface area contributed by atoms with Crippen LogP contribution >= 0.6 is 0 Å². The first-order chi connectivity index (χ1) is 11.8. The Bertz CT molecular complexity index is 745. The lowest BCUT2D eigenvalue weighted by Crippen LogP contribution is -2.48. The second-order valence-corrected chi connectivity index (χ2v) is 7.50. The molecule has 0 aromatic heterocycles. The number of carbonyl (C=O) groups excluding carboxylic acids is 1. The molecule has 0 aliphatic carbocycles. The molecule has 0 radical (unpaired) electrons. The third-order valence-electron chi connectivity index (χ3n) is 4.05. The third kappa shape index (κ3) is 4.17. The van der Waals surface area contributed by atoms with Crippen LogP contribution in [-0.4, -0.2) is 73.5 Å². The Labute approximate surface area is 147 Å². The molecule has 1 aliphatic heterocycles. The first-order valence-electron chi connectivity index (χ1n) is 8.05. The summed E-state index contributed by atoms with van der Waals surface area (Å²) >= 11 is 0. The van der Waals surface area contributed by atoms with Crippen molar-refractivity contribution >= 4 is 21.9 Å². The lowest BCUT2D eigenvalue weighted by molar-refractivity contribution is -0.154. The van der Waals surface area contributed by atoms with Crippen molar-refractivity contribution in [2.45, 2.75) is 24.8 Å². The molecule has 2 rings (SSSR count). The highest BCUT2D eigenvalue weighted by Gasteiger charge is 2.30. The molecule has 1 heterocycles. The minimum absolute atomic E-state index is 0.0464. The molecule has 1 aromatic rings. The summed E-state index contributed by atoms with van der Waals surface area (Å²) in [6.45, 7) is 4.48. The quantitative estimate of drug-likeness (QED) is 0.788. The molecule has 1 N–H and O–H groups in total. The number of carboxylic acids is 1. The number of carboxylic acid groups (broad SMARTS) is 1. The molecule has 25 heavy (non-hydrogen) atoms. The molecule has 1 aliphatic rings. The molecule has 1 amide bonds. The summed E-state index contributed by atoms with van der Waals surface area (Å²) in [7, 11) is -3.67. The number of nitrogens with zero attached hydrogens (tertiary/aromatic N) is 2. The lowest BCUT2D eigenvalue weighted by Gasteiger charge is -2.31. The van der Waals surface area contributed by atoms with E-state index in [-0.39, 0.29) is 30.2 Å². The van der Waals surface area contributed by atoms with Crippen LogP contribution < -0.4 is 0 Å². The number of amides is 1. The molecule has 1 atom stereocenters. The fraction of sp³-hybridized carbons (Fsp3) is 0.500. The Hall–Kier alpha value is -1.97. The van der Waals surface area contributed by atoms with Gasteiger partial charge in [-0.15, -0.1) is 0 Å². The molecule has 1 saturated heterocycles. The van der Waals surface area contributed by atoms with Crippen molar-refractivity contribution in [1.82, 2.24) is 9.21 Å². The van der Waals surface area contributed by atoms with Crippen LogP contribution in [0.4, 0.5) is 0 Å². The minimum atomic E-state index is -3.67. The standard InChI is InChI=1S/C16H22N2O6S/c1-3-18(4-2)25(22,23)13-7-5-6-12(10-13)15(19)17-8-9-24-14(11-17)16(20)21/h5-7,10,14H,3-4,8-9,11H2,1-2H3,(H,20,21). The fourth-order valence-corrected chi connectivity index (χ4v) is 4.17. The largest absolute Gasteiger partial charge is 0.479 e. The van der Waals surface area contributed by atoms with E-state index in [1.165, 1.54) is 33.5 Å². The Morgan fingerprint density at radius 1 is 1.32 bits per heavy atom. The number of benzene rings is 1. The van der Waals surface area contributed by atoms with Crippen LogP contribution in [0.3, 0.4) is 0 Å². The van der Waals surface area contributed by atoms with Gasteiger partial charge in [-0.25, -0.2) is 13.2 Å². The van der Waals surface area contributed by atoms with Crippen molar-refractivity contribution in [2.75, 3.05) is 32.8 Å². The number of aliphatic carboxylic acids is 1. The minimum Gasteiger partial charge on any atom is -0.479 e. The maximum Gasteiger partial charge on any atom is 0.334 e. The molecule has 8 nitrogen and oxygen atoms in total. The maximum absolute atomic E-state index is 12.6. The molecule has 0 saturated carbocycles. The van der Waals surface area contributed by atoms with Gasteiger partial charge in [0, 0.05) is 25.2 Å². The number of hydrogen-bond acceptors (Lipinski definition) is 5. The fourth-order valence-electron chi connectivity index (χ4n) is 2.67. The van der Waals surface area contributed by atoms with E-state index >= 15 is 0 Å². The van der Waals surface area contributed by atoms with E-state index in [2.05, 4.69) is 0 Å². The summed E-state index contributed by atoms with van der Waals surface area (Å²) in [5, 5.41) is 9.03. The van der Waals surface area contributed by atoms with E-state index < -0.39 is 28.0 Å². The van der Waals surface area contributed by atoms with Gasteiger partial charge < -0.3 is 14.7 Å². The van der Waals surface area contributed by atoms with Crippen LogP contribution in [0.5, 0.6) is 0 Å². The maximum atomic E-state index is 12.6. The number of morpholine rings is 1. The highest BCUT2D eigenvalue weighted by atomic mass is 32.2. The molecular weight excluding hydrogens is 348 g/mol. The number of hydrogen-bond donors (Lipinski definition) is 1. The predicted octanol–water partition coefficient (Wildman–Crippen LogP) is 0.643. The molecular formula is C16H22N2O6S. The van der Waals surface area contributed by atoms with Gasteiger partial charge in [-0.3, -0.25) is 4.79 Å². The zero-order valence-corrected chi connectivity index (χ0v) is 15.0. The smallest absolute Gasteiger partial charge is 0.334 e. The number of sulfonamides is 1. The van der Waals surface area contributed by atoms with Gasteiger partial charge in [0.15, 0.2) is 6.10 Å². The SMILES string of the molecule is CCN(CC)S(=O)(=O)c1cccc(C(=O)N2CCOC(C(=O)O)C2)c1. The van der Waals surface area contributed by atoms with Crippen molar-refractivity contribution in [1.29, 1.82) is 0 Å². The van der Waals surface area contributed by atoms with E-state index in [9.17, 15) is 18.0 Å². The Morgan fingerprint density at radius 3 is 2.60 bits per heavy atom. The second kappa shape index (κ2) is 7.94. The van der Waals surface area contributed by atoms with Gasteiger partial charge in [0.1, 0.15) is 0 Å². The Morgan fingerprint density at radius 2 is 2.00 bits per heavy atom. The predicted molar refractivity (Wildman–Crippen MR) is 89.8 cm³/mol. The summed E-state index contributed by atoms with van der Waals surface area (Å²) < 4.78 is 31.6. The molecule has 0 spiro atoms. The van der Waals surface area contributed by atoms with Crippen molar-refractivity contribution in [3.63, 3.8) is 0 Å². The number of ether oxygens (including phenoxy) is 1. The van der Waals surface area contributed by atoms with E-state index in [0.29, 0.717) is 13.1 Å². The number of rotatable bonds is 6. The molecule has 138 valence electrons. The monoisotopic (exact) mass is 370 g/mol. The van der Waals surface area contributed by atoms with Gasteiger partial charge in [-0.05, 0) is 18.2 Å². The second-order valence-electron chi connectivity index (χ2n) is 5.57. The highest BCUT2D eigenvalue weighted by molar-refractivity contribution is 7.89. The van der Waals surface area contributed by atoms with Crippen LogP contribution in [0, 0.1) is 0 Å². The summed E-state index contributed by atoms with van der Waals surface area (Å²) in [5.74, 6) is -1.54. The van der Waals surface area contributed by atoms with Crippen LogP contribution in [0.25, 0.3) is 0 Å². The summed E-state index contributed by atoms with van der Waals surface area (Å²) in [6, 6.07) is 5.82. The molecule has 1 aromatic carbocycles. The van der Waals surface area contributed by atoms with Crippen LogP contribution in [0.1, 0.15) is 24.2 Å². The summed E-state index contributed by atoms with van der Waals surface area (Å²) in [4.78, 5) is 25.1. The lowest BCUT2D eigenvalue weighted by atomic mass is 10.1. The summed E-state index contributed by atoms with van der Waals surface area (Å²) in [5.41, 5.74) is 0.208. The highest BCUT2D eigenvalue weighted by Crippen LogP contribution is 2.19. The average molecular weight is 370 g/mol. The first kappa shape index (κ1) is 19.4. The summed E-state index contributed by atoms with van der Waals surface area (Å²) in [6.07, 6.45) is -1.07. The van der Waals surface area contributed by atoms with Crippen LogP contribution in [0.2, 0.25) is 0 Å². The van der Waals surface area contributed by atoms with Crippen LogP contribution in [-0.2, 0) is 19.6 Å². The molecule has 1 fully saturated rings. The average Bonchev–Trinajstić information content (AvgIpc) is 2.62. The number of carbonyl (C=O) groups is 2. The van der Waals surface area contributed by atoms with E-state index in [1.807, 2.05) is 0 Å². The Balaban J connectivity index is 2.26. The Kier molecular flexibility index (Phi) is 6.15. The topological polar surface area (TPSA) is 104 Å². The zero-order chi connectivity index (χ0) is 18.6. The van der Waals surface area contributed by atoms with Crippen molar-refractivity contribution in [2.24, 2.45) is 0 Å². The van der Waals surface area contributed by atoms with Gasteiger partial charge in [-0.1, -0.05) is 19.9 Å². The van der Waals surface area contributed by atoms with E-state index in [1.54, 1.807) is 13.8 Å². The van der Waals surface area contributed by atoms with Crippen LogP contribution in [0.15, 0.2) is 29.2 Å². The van der Waals surface area contributed by atoms with Gasteiger partial charge in [0.25, 0.3) is 5.91 Å². The van der Waals surface area contributed by atoms with Gasteiger partial charge in [0.05, 0.1) is 18.0 Å². The molecule has 1 unspecified atom stereocenters. The molecule has 9 heteroatoms. The van der Waals surface area contributed by atoms with Gasteiger partial charge in [-0.2, -0.15) is 4.31 Å². The van der Waals surface area contributed by atoms with Crippen molar-refractivity contribution < 1.29 is 27.9 Å². The first-order valence-corrected chi connectivity index (χ1v) is 9.49. The van der Waals surface area contributed by atoms with Crippen molar-refractivity contribution in [3.8, 4) is 0 Å². The molecule has 0 bridgehead atoms. The van der Waals surface area contributed by atoms with Gasteiger partial charge in [0.2, 0.25) is 10.0 Å². The van der Waals surface area contributed by atoms with E-state index in [4.69, 9.17) is 9.84 Å². The van der Waals surface area contributed by atoms with Crippen molar-refractivity contribution in [3.05, 3.63) is 29.8 Å². The van der Waals surface area contributed by atoms with Gasteiger partial charge >= 0.3 is 5.97 Å².